The van der Waals surface area contributed by atoms with Crippen LogP contribution in [-0.2, 0) is 6.54 Å². The topological polar surface area (TPSA) is 12.5 Å². The van der Waals surface area contributed by atoms with Crippen LogP contribution in [-0.4, -0.2) is 29.9 Å². The number of aryl methyl sites for hydroxylation is 1. The Balaban J connectivity index is 2.14. The largest absolute Gasteiger partial charge is 0.496 e. The van der Waals surface area contributed by atoms with E-state index in [2.05, 4.69) is 46.0 Å². The Labute approximate surface area is 112 Å². The number of rotatable bonds is 4. The lowest BCUT2D eigenvalue weighted by molar-refractivity contribution is 0.260. The van der Waals surface area contributed by atoms with Crippen LogP contribution >= 0.6 is 15.9 Å². The number of hydrogen-bond donors (Lipinski definition) is 0. The molecule has 0 aliphatic carbocycles. The van der Waals surface area contributed by atoms with Crippen LogP contribution in [0.15, 0.2) is 18.2 Å². The molecule has 2 nitrogen and oxygen atoms in total. The van der Waals surface area contributed by atoms with Crippen LogP contribution in [0.25, 0.3) is 0 Å². The van der Waals surface area contributed by atoms with Gasteiger partial charge in [0.15, 0.2) is 0 Å². The Bertz CT molecular complexity index is 380. The molecule has 3 heteroatoms. The Morgan fingerprint density at radius 2 is 2.29 bits per heavy atom. The summed E-state index contributed by atoms with van der Waals surface area (Å²) in [6, 6.07) is 7.10. The van der Waals surface area contributed by atoms with Gasteiger partial charge in [-0.25, -0.2) is 0 Å². The van der Waals surface area contributed by atoms with Gasteiger partial charge in [0, 0.05) is 23.5 Å². The van der Waals surface area contributed by atoms with Gasteiger partial charge in [0.05, 0.1) is 7.11 Å². The third-order valence-electron chi connectivity index (χ3n) is 3.49. The number of halogens is 1. The van der Waals surface area contributed by atoms with Crippen LogP contribution in [0.5, 0.6) is 5.75 Å². The quantitative estimate of drug-likeness (QED) is 0.790. The Morgan fingerprint density at radius 1 is 1.47 bits per heavy atom. The van der Waals surface area contributed by atoms with Crippen molar-refractivity contribution in [1.82, 2.24) is 4.90 Å². The van der Waals surface area contributed by atoms with E-state index in [0.717, 1.165) is 17.6 Å². The summed E-state index contributed by atoms with van der Waals surface area (Å²) in [6.45, 7) is 4.34. The van der Waals surface area contributed by atoms with Gasteiger partial charge in [-0.1, -0.05) is 33.6 Å². The van der Waals surface area contributed by atoms with Crippen molar-refractivity contribution in [2.24, 2.45) is 0 Å². The van der Waals surface area contributed by atoms with E-state index in [4.69, 9.17) is 4.74 Å². The summed E-state index contributed by atoms with van der Waals surface area (Å²) < 4.78 is 5.44. The average molecular weight is 298 g/mol. The smallest absolute Gasteiger partial charge is 0.123 e. The summed E-state index contributed by atoms with van der Waals surface area (Å²) in [4.78, 5) is 2.55. The molecule has 0 aromatic heterocycles. The van der Waals surface area contributed by atoms with E-state index in [9.17, 15) is 0 Å². The molecule has 1 fully saturated rings. The van der Waals surface area contributed by atoms with Crippen molar-refractivity contribution in [3.8, 4) is 5.75 Å². The van der Waals surface area contributed by atoms with Gasteiger partial charge in [0.1, 0.15) is 5.75 Å². The predicted octanol–water partition coefficient (Wildman–Crippen LogP) is 3.36. The van der Waals surface area contributed by atoms with Gasteiger partial charge in [0.2, 0.25) is 0 Å². The molecule has 94 valence electrons. The highest BCUT2D eigenvalue weighted by atomic mass is 79.9. The second-order valence-electron chi connectivity index (χ2n) is 4.74. The van der Waals surface area contributed by atoms with E-state index < -0.39 is 0 Å². The van der Waals surface area contributed by atoms with Crippen molar-refractivity contribution < 1.29 is 4.74 Å². The van der Waals surface area contributed by atoms with Crippen molar-refractivity contribution >= 4 is 15.9 Å². The molecule has 1 aliphatic heterocycles. The van der Waals surface area contributed by atoms with E-state index in [1.54, 1.807) is 7.11 Å². The summed E-state index contributed by atoms with van der Waals surface area (Å²) in [6.07, 6.45) is 2.61. The molecule has 0 N–H and O–H groups in total. The minimum absolute atomic E-state index is 0.681. The number of ether oxygens (including phenoxy) is 1. The first-order valence-electron chi connectivity index (χ1n) is 6.18. The highest BCUT2D eigenvalue weighted by Crippen LogP contribution is 2.26. The second kappa shape index (κ2) is 5.87. The summed E-state index contributed by atoms with van der Waals surface area (Å²) >= 11 is 3.61. The average Bonchev–Trinajstić information content (AvgIpc) is 2.77. The van der Waals surface area contributed by atoms with Crippen molar-refractivity contribution in [2.75, 3.05) is 19.0 Å². The summed E-state index contributed by atoms with van der Waals surface area (Å²) in [5, 5.41) is 1.07. The lowest BCUT2D eigenvalue weighted by atomic mass is 10.1. The molecule has 1 atom stereocenters. The normalized spacial score (nSPS) is 20.8. The summed E-state index contributed by atoms with van der Waals surface area (Å²) in [5.74, 6) is 1.01. The van der Waals surface area contributed by atoms with Gasteiger partial charge >= 0.3 is 0 Å². The van der Waals surface area contributed by atoms with Crippen LogP contribution in [0.1, 0.15) is 24.0 Å². The maximum absolute atomic E-state index is 5.44. The zero-order valence-corrected chi connectivity index (χ0v) is 12.2. The van der Waals surface area contributed by atoms with E-state index in [-0.39, 0.29) is 0 Å². The fourth-order valence-corrected chi connectivity index (χ4v) is 3.26. The third-order valence-corrected chi connectivity index (χ3v) is 4.23. The van der Waals surface area contributed by atoms with E-state index in [1.165, 1.54) is 30.5 Å². The first-order chi connectivity index (χ1) is 8.24. The molecular weight excluding hydrogens is 278 g/mol. The molecule has 2 rings (SSSR count). The molecule has 0 bridgehead atoms. The van der Waals surface area contributed by atoms with Crippen LogP contribution in [0.2, 0.25) is 0 Å². The molecule has 1 aliphatic rings. The molecule has 1 unspecified atom stereocenters. The van der Waals surface area contributed by atoms with Gasteiger partial charge in [0.25, 0.3) is 0 Å². The Kier molecular flexibility index (Phi) is 4.46. The number of likely N-dealkylation sites (tertiary alicyclic amines) is 1. The zero-order valence-electron chi connectivity index (χ0n) is 10.6. The molecule has 1 aromatic rings. The summed E-state index contributed by atoms with van der Waals surface area (Å²) in [7, 11) is 1.75. The highest BCUT2D eigenvalue weighted by Gasteiger charge is 2.24. The van der Waals surface area contributed by atoms with Gasteiger partial charge in [-0.05, 0) is 32.4 Å². The molecule has 1 saturated heterocycles. The SMILES string of the molecule is COc1ccc(C)cc1CN1CCCC1CBr. The minimum Gasteiger partial charge on any atom is -0.496 e. The van der Waals surface area contributed by atoms with Crippen LogP contribution in [0.4, 0.5) is 0 Å². The zero-order chi connectivity index (χ0) is 12.3. The fraction of sp³-hybridized carbons (Fsp3) is 0.571. The summed E-state index contributed by atoms with van der Waals surface area (Å²) in [5.41, 5.74) is 2.61. The van der Waals surface area contributed by atoms with Gasteiger partial charge in [-0.2, -0.15) is 0 Å². The molecular formula is C14H20BrNO. The monoisotopic (exact) mass is 297 g/mol. The number of methoxy groups -OCH3 is 1. The number of alkyl halides is 1. The van der Waals surface area contributed by atoms with Crippen molar-refractivity contribution in [3.05, 3.63) is 29.3 Å². The lowest BCUT2D eigenvalue weighted by Crippen LogP contribution is -2.30. The lowest BCUT2D eigenvalue weighted by Gasteiger charge is -2.23. The minimum atomic E-state index is 0.681. The van der Waals surface area contributed by atoms with E-state index in [0.29, 0.717) is 6.04 Å². The maximum Gasteiger partial charge on any atom is 0.123 e. The van der Waals surface area contributed by atoms with Crippen molar-refractivity contribution in [1.29, 1.82) is 0 Å². The number of benzene rings is 1. The third kappa shape index (κ3) is 3.02. The van der Waals surface area contributed by atoms with Crippen molar-refractivity contribution in [3.63, 3.8) is 0 Å². The van der Waals surface area contributed by atoms with Gasteiger partial charge in [-0.15, -0.1) is 0 Å². The fourth-order valence-electron chi connectivity index (χ4n) is 2.53. The van der Waals surface area contributed by atoms with Crippen LogP contribution in [0, 0.1) is 6.92 Å². The first-order valence-corrected chi connectivity index (χ1v) is 7.30. The molecule has 0 radical (unpaired) electrons. The highest BCUT2D eigenvalue weighted by molar-refractivity contribution is 9.09. The second-order valence-corrected chi connectivity index (χ2v) is 5.38. The van der Waals surface area contributed by atoms with Crippen LogP contribution in [0.3, 0.4) is 0 Å². The van der Waals surface area contributed by atoms with E-state index >= 15 is 0 Å². The van der Waals surface area contributed by atoms with Gasteiger partial charge in [-0.3, -0.25) is 4.90 Å². The molecule has 17 heavy (non-hydrogen) atoms. The standard InChI is InChI=1S/C14H20BrNO/c1-11-5-6-14(17-2)12(8-11)10-16-7-3-4-13(16)9-15/h5-6,8,13H,3-4,7,9-10H2,1-2H3. The molecule has 1 aromatic carbocycles. The predicted molar refractivity (Wildman–Crippen MR) is 75.0 cm³/mol. The van der Waals surface area contributed by atoms with Crippen molar-refractivity contribution in [2.45, 2.75) is 32.4 Å². The molecule has 1 heterocycles. The van der Waals surface area contributed by atoms with Crippen LogP contribution < -0.4 is 4.74 Å². The Morgan fingerprint density at radius 3 is 3.00 bits per heavy atom. The molecule has 0 saturated carbocycles. The number of hydrogen-bond acceptors (Lipinski definition) is 2. The first kappa shape index (κ1) is 12.9. The van der Waals surface area contributed by atoms with Gasteiger partial charge < -0.3 is 4.74 Å². The molecule has 0 amide bonds. The molecule has 0 spiro atoms. The number of nitrogens with zero attached hydrogens (tertiary/aromatic N) is 1. The maximum atomic E-state index is 5.44. The van der Waals surface area contributed by atoms with E-state index in [1.807, 2.05) is 0 Å². The Hall–Kier alpha value is -0.540.